The van der Waals surface area contributed by atoms with Crippen LogP contribution < -0.4 is 4.90 Å². The third kappa shape index (κ3) is 2.70. The molecule has 1 N–H and O–H groups in total. The second kappa shape index (κ2) is 5.21. The summed E-state index contributed by atoms with van der Waals surface area (Å²) >= 11 is 0. The molecule has 0 aliphatic rings. The summed E-state index contributed by atoms with van der Waals surface area (Å²) in [5.74, 6) is -2.54. The highest BCUT2D eigenvalue weighted by atomic mass is 16.4. The van der Waals surface area contributed by atoms with E-state index in [-0.39, 0.29) is 0 Å². The van der Waals surface area contributed by atoms with Crippen LogP contribution in [0.25, 0.3) is 0 Å². The molecule has 0 saturated heterocycles. The van der Waals surface area contributed by atoms with Crippen molar-refractivity contribution in [2.45, 2.75) is 27.7 Å². The van der Waals surface area contributed by atoms with Gasteiger partial charge in [-0.25, -0.2) is 0 Å². The van der Waals surface area contributed by atoms with Crippen molar-refractivity contribution in [3.63, 3.8) is 0 Å². The topological polar surface area (TPSA) is 57.6 Å². The Morgan fingerprint density at radius 1 is 1.17 bits per heavy atom. The Kier molecular flexibility index (Phi) is 4.11. The highest BCUT2D eigenvalue weighted by Gasteiger charge is 2.26. The van der Waals surface area contributed by atoms with Crippen LogP contribution >= 0.6 is 0 Å². The Morgan fingerprint density at radius 3 is 2.00 bits per heavy atom. The molecule has 0 saturated carbocycles. The van der Waals surface area contributed by atoms with E-state index in [0.717, 1.165) is 22.4 Å². The summed E-state index contributed by atoms with van der Waals surface area (Å²) in [4.78, 5) is 24.3. The molecule has 0 radical (unpaired) electrons. The Morgan fingerprint density at radius 2 is 1.61 bits per heavy atom. The van der Waals surface area contributed by atoms with Crippen LogP contribution in [-0.2, 0) is 9.59 Å². The lowest BCUT2D eigenvalue weighted by Gasteiger charge is -2.24. The molecule has 18 heavy (non-hydrogen) atoms. The first-order valence-electron chi connectivity index (χ1n) is 5.84. The van der Waals surface area contributed by atoms with Gasteiger partial charge < -0.3 is 10.0 Å². The van der Waals surface area contributed by atoms with Crippen molar-refractivity contribution >= 4 is 17.6 Å². The average molecular weight is 249 g/mol. The number of carboxylic acids is 1. The number of carboxylic acid groups (broad SMARTS) is 1. The van der Waals surface area contributed by atoms with Crippen molar-refractivity contribution in [2.24, 2.45) is 5.92 Å². The number of aliphatic carboxylic acids is 1. The van der Waals surface area contributed by atoms with Crippen LogP contribution in [-0.4, -0.2) is 24.0 Å². The Labute approximate surface area is 107 Å². The molecule has 1 atom stereocenters. The zero-order valence-electron chi connectivity index (χ0n) is 11.4. The van der Waals surface area contributed by atoms with Gasteiger partial charge in [0.15, 0.2) is 0 Å². The van der Waals surface area contributed by atoms with Gasteiger partial charge in [-0.1, -0.05) is 17.7 Å². The summed E-state index contributed by atoms with van der Waals surface area (Å²) in [5.41, 5.74) is 3.86. The van der Waals surface area contributed by atoms with E-state index in [0.29, 0.717) is 0 Å². The second-order valence-corrected chi connectivity index (χ2v) is 4.70. The van der Waals surface area contributed by atoms with Gasteiger partial charge in [-0.3, -0.25) is 9.59 Å². The molecule has 4 heteroatoms. The molecule has 1 amide bonds. The van der Waals surface area contributed by atoms with E-state index >= 15 is 0 Å². The Bertz CT molecular complexity index is 471. The minimum absolute atomic E-state index is 0.405. The van der Waals surface area contributed by atoms with Crippen molar-refractivity contribution in [3.05, 3.63) is 28.8 Å². The zero-order valence-corrected chi connectivity index (χ0v) is 11.4. The predicted octanol–water partition coefficient (Wildman–Crippen LogP) is 2.30. The standard InChI is InChI=1S/C14H19NO3/c1-8-6-9(2)12(10(3)7-8)15(5)13(16)11(4)14(17)18/h6-7,11H,1-5H3,(H,17,18). The van der Waals surface area contributed by atoms with E-state index in [2.05, 4.69) is 0 Å². The molecule has 4 nitrogen and oxygen atoms in total. The van der Waals surface area contributed by atoms with Crippen LogP contribution in [0.2, 0.25) is 0 Å². The molecule has 1 aromatic carbocycles. The van der Waals surface area contributed by atoms with Crippen LogP contribution in [0.3, 0.4) is 0 Å². The summed E-state index contributed by atoms with van der Waals surface area (Å²) in [6.07, 6.45) is 0. The maximum atomic E-state index is 12.0. The largest absolute Gasteiger partial charge is 0.481 e. The summed E-state index contributed by atoms with van der Waals surface area (Å²) in [7, 11) is 1.62. The van der Waals surface area contributed by atoms with Gasteiger partial charge in [0, 0.05) is 12.7 Å². The SMILES string of the molecule is Cc1cc(C)c(N(C)C(=O)C(C)C(=O)O)c(C)c1. The van der Waals surface area contributed by atoms with E-state index in [1.54, 1.807) is 7.05 Å². The van der Waals surface area contributed by atoms with Gasteiger partial charge >= 0.3 is 5.97 Å². The van der Waals surface area contributed by atoms with Gasteiger partial charge in [0.05, 0.1) is 0 Å². The fraction of sp³-hybridized carbons (Fsp3) is 0.429. The molecule has 1 rings (SSSR count). The van der Waals surface area contributed by atoms with E-state index < -0.39 is 17.8 Å². The molecule has 0 fully saturated rings. The highest BCUT2D eigenvalue weighted by Crippen LogP contribution is 2.26. The molecule has 0 aromatic heterocycles. The number of benzene rings is 1. The van der Waals surface area contributed by atoms with Crippen LogP contribution in [0.5, 0.6) is 0 Å². The lowest BCUT2D eigenvalue weighted by molar-refractivity contribution is -0.145. The van der Waals surface area contributed by atoms with E-state index in [4.69, 9.17) is 5.11 Å². The van der Waals surface area contributed by atoms with Crippen molar-refractivity contribution < 1.29 is 14.7 Å². The molecule has 0 heterocycles. The lowest BCUT2D eigenvalue weighted by atomic mass is 10.0. The minimum atomic E-state index is -1.10. The molecule has 0 aliphatic heterocycles. The molecule has 0 bridgehead atoms. The Hall–Kier alpha value is -1.84. The molecule has 0 aliphatic carbocycles. The number of hydrogen-bond acceptors (Lipinski definition) is 2. The lowest BCUT2D eigenvalue weighted by Crippen LogP contribution is -2.36. The number of nitrogens with zero attached hydrogens (tertiary/aromatic N) is 1. The first kappa shape index (κ1) is 14.2. The number of hydrogen-bond donors (Lipinski definition) is 1. The summed E-state index contributed by atoms with van der Waals surface area (Å²) in [6, 6.07) is 3.97. The first-order chi connectivity index (χ1) is 8.25. The van der Waals surface area contributed by atoms with Gasteiger partial charge in [0.25, 0.3) is 0 Å². The number of carbonyl (C=O) groups is 2. The number of anilines is 1. The maximum absolute atomic E-state index is 12.0. The number of rotatable bonds is 3. The quantitative estimate of drug-likeness (QED) is 0.836. The molecule has 1 aromatic rings. The Balaban J connectivity index is 3.15. The van der Waals surface area contributed by atoms with Crippen LogP contribution in [0.15, 0.2) is 12.1 Å². The zero-order chi connectivity index (χ0) is 14.0. The number of aryl methyl sites for hydroxylation is 3. The van der Waals surface area contributed by atoms with E-state index in [1.165, 1.54) is 11.8 Å². The van der Waals surface area contributed by atoms with Crippen molar-refractivity contribution in [2.75, 3.05) is 11.9 Å². The monoisotopic (exact) mass is 249 g/mol. The van der Waals surface area contributed by atoms with Crippen LogP contribution in [0.1, 0.15) is 23.6 Å². The van der Waals surface area contributed by atoms with Gasteiger partial charge in [-0.05, 0) is 38.8 Å². The molecule has 0 spiro atoms. The van der Waals surface area contributed by atoms with Crippen molar-refractivity contribution in [3.8, 4) is 0 Å². The fourth-order valence-corrected chi connectivity index (χ4v) is 2.21. The number of carbonyl (C=O) groups excluding carboxylic acids is 1. The smallest absolute Gasteiger partial charge is 0.315 e. The fourth-order valence-electron chi connectivity index (χ4n) is 2.21. The normalized spacial score (nSPS) is 12.1. The second-order valence-electron chi connectivity index (χ2n) is 4.70. The minimum Gasteiger partial charge on any atom is -0.481 e. The third-order valence-electron chi connectivity index (χ3n) is 3.04. The van der Waals surface area contributed by atoms with Gasteiger partial charge in [0.2, 0.25) is 5.91 Å². The number of amides is 1. The molecule has 1 unspecified atom stereocenters. The third-order valence-corrected chi connectivity index (χ3v) is 3.04. The first-order valence-corrected chi connectivity index (χ1v) is 5.84. The van der Waals surface area contributed by atoms with Gasteiger partial charge in [-0.2, -0.15) is 0 Å². The van der Waals surface area contributed by atoms with E-state index in [9.17, 15) is 9.59 Å². The maximum Gasteiger partial charge on any atom is 0.315 e. The van der Waals surface area contributed by atoms with Crippen LogP contribution in [0.4, 0.5) is 5.69 Å². The predicted molar refractivity (Wildman–Crippen MR) is 70.9 cm³/mol. The molecular weight excluding hydrogens is 230 g/mol. The molecular formula is C14H19NO3. The van der Waals surface area contributed by atoms with E-state index in [1.807, 2.05) is 32.9 Å². The van der Waals surface area contributed by atoms with Gasteiger partial charge in [-0.15, -0.1) is 0 Å². The highest BCUT2D eigenvalue weighted by molar-refractivity contribution is 6.05. The summed E-state index contributed by atoms with van der Waals surface area (Å²) < 4.78 is 0. The summed E-state index contributed by atoms with van der Waals surface area (Å²) in [5, 5.41) is 8.88. The molecule has 98 valence electrons. The summed E-state index contributed by atoms with van der Waals surface area (Å²) in [6.45, 7) is 7.24. The van der Waals surface area contributed by atoms with Crippen molar-refractivity contribution in [1.82, 2.24) is 0 Å². The van der Waals surface area contributed by atoms with Crippen molar-refractivity contribution in [1.29, 1.82) is 0 Å². The van der Waals surface area contributed by atoms with Crippen LogP contribution in [0, 0.1) is 26.7 Å². The average Bonchev–Trinajstić information content (AvgIpc) is 2.25. The van der Waals surface area contributed by atoms with Gasteiger partial charge in [0.1, 0.15) is 5.92 Å².